The quantitative estimate of drug-likeness (QED) is 0.681. The Hall–Kier alpha value is -1.64. The van der Waals surface area contributed by atoms with Gasteiger partial charge in [-0.15, -0.1) is 0 Å². The summed E-state index contributed by atoms with van der Waals surface area (Å²) < 4.78 is 33.3. The minimum Gasteiger partial charge on any atom is -0.491 e. The van der Waals surface area contributed by atoms with Crippen molar-refractivity contribution in [3.8, 4) is 5.75 Å². The maximum absolute atomic E-state index is 12.5. The number of likely N-dealkylation sites (tertiary alicyclic amines) is 1. The molecule has 1 aliphatic heterocycles. The summed E-state index contributed by atoms with van der Waals surface area (Å²) in [6, 6.07) is 14.0. The Morgan fingerprint density at radius 1 is 1.14 bits per heavy atom. The van der Waals surface area contributed by atoms with Crippen molar-refractivity contribution in [3.63, 3.8) is 0 Å². The van der Waals surface area contributed by atoms with Gasteiger partial charge in [-0.2, -0.15) is 0 Å². The smallest absolute Gasteiger partial charge is 0.240 e. The van der Waals surface area contributed by atoms with Crippen LogP contribution in [0.2, 0.25) is 5.02 Å². The Labute approximate surface area is 171 Å². The number of ether oxygens (including phenoxy) is 1. The molecule has 1 fully saturated rings. The number of benzene rings is 2. The Kier molecular flexibility index (Phi) is 7.31. The van der Waals surface area contributed by atoms with Crippen molar-refractivity contribution in [2.45, 2.75) is 30.3 Å². The first-order valence-electron chi connectivity index (χ1n) is 9.29. The SMILES string of the molecule is O=S(=O)(NC1CCN(Cc2cccc(OCCO)c2)CC1)c1ccc(Cl)cc1. The topological polar surface area (TPSA) is 78.9 Å². The molecule has 1 heterocycles. The fourth-order valence-corrected chi connectivity index (χ4v) is 4.70. The molecule has 0 atom stereocenters. The van der Waals surface area contributed by atoms with Gasteiger partial charge in [0.1, 0.15) is 12.4 Å². The van der Waals surface area contributed by atoms with Crippen LogP contribution < -0.4 is 9.46 Å². The molecule has 2 aromatic carbocycles. The maximum atomic E-state index is 12.5. The lowest BCUT2D eigenvalue weighted by molar-refractivity contribution is 0.196. The number of aliphatic hydroxyl groups excluding tert-OH is 1. The van der Waals surface area contributed by atoms with Crippen LogP contribution in [0.1, 0.15) is 18.4 Å². The van der Waals surface area contributed by atoms with Crippen LogP contribution in [-0.2, 0) is 16.6 Å². The van der Waals surface area contributed by atoms with Crippen LogP contribution in [-0.4, -0.2) is 50.8 Å². The van der Waals surface area contributed by atoms with E-state index in [4.69, 9.17) is 21.4 Å². The summed E-state index contributed by atoms with van der Waals surface area (Å²) in [6.07, 6.45) is 1.51. The van der Waals surface area contributed by atoms with Crippen molar-refractivity contribution in [3.05, 3.63) is 59.1 Å². The predicted molar refractivity (Wildman–Crippen MR) is 109 cm³/mol. The van der Waals surface area contributed by atoms with Gasteiger partial charge in [0, 0.05) is 30.7 Å². The minimum atomic E-state index is -3.53. The highest BCUT2D eigenvalue weighted by Gasteiger charge is 2.24. The highest BCUT2D eigenvalue weighted by atomic mass is 35.5. The molecule has 8 heteroatoms. The lowest BCUT2D eigenvalue weighted by atomic mass is 10.1. The van der Waals surface area contributed by atoms with Gasteiger partial charge in [0.2, 0.25) is 10.0 Å². The van der Waals surface area contributed by atoms with E-state index in [1.165, 1.54) is 12.1 Å². The number of rotatable bonds is 8. The van der Waals surface area contributed by atoms with Gasteiger partial charge in [0.15, 0.2) is 0 Å². The largest absolute Gasteiger partial charge is 0.491 e. The summed E-state index contributed by atoms with van der Waals surface area (Å²) in [4.78, 5) is 2.54. The molecule has 0 unspecified atom stereocenters. The number of sulfonamides is 1. The molecule has 2 aromatic rings. The third-order valence-electron chi connectivity index (χ3n) is 4.70. The van der Waals surface area contributed by atoms with Crippen molar-refractivity contribution >= 4 is 21.6 Å². The maximum Gasteiger partial charge on any atom is 0.240 e. The minimum absolute atomic E-state index is 0.0102. The Balaban J connectivity index is 1.51. The zero-order valence-electron chi connectivity index (χ0n) is 15.6. The summed E-state index contributed by atoms with van der Waals surface area (Å²) in [5, 5.41) is 9.37. The first-order chi connectivity index (χ1) is 13.5. The van der Waals surface area contributed by atoms with E-state index in [0.29, 0.717) is 5.02 Å². The molecule has 152 valence electrons. The molecule has 1 saturated heterocycles. The van der Waals surface area contributed by atoms with Crippen molar-refractivity contribution in [1.29, 1.82) is 0 Å². The fraction of sp³-hybridized carbons (Fsp3) is 0.400. The highest BCUT2D eigenvalue weighted by molar-refractivity contribution is 7.89. The number of hydrogen-bond donors (Lipinski definition) is 2. The van der Waals surface area contributed by atoms with E-state index in [2.05, 4.69) is 9.62 Å². The average molecular weight is 425 g/mol. The Morgan fingerprint density at radius 2 is 1.86 bits per heavy atom. The molecular formula is C20H25ClN2O4S. The fourth-order valence-electron chi connectivity index (χ4n) is 3.27. The Bertz CT molecular complexity index is 866. The second kappa shape index (κ2) is 9.71. The van der Waals surface area contributed by atoms with Gasteiger partial charge in [0.25, 0.3) is 0 Å². The predicted octanol–water partition coefficient (Wildman–Crippen LogP) is 2.65. The first kappa shape index (κ1) is 21.1. The van der Waals surface area contributed by atoms with Crippen LogP contribution in [0.15, 0.2) is 53.4 Å². The zero-order chi connectivity index (χ0) is 20.0. The highest BCUT2D eigenvalue weighted by Crippen LogP contribution is 2.20. The molecule has 28 heavy (non-hydrogen) atoms. The van der Waals surface area contributed by atoms with Crippen molar-refractivity contribution in [2.24, 2.45) is 0 Å². The number of halogens is 1. The zero-order valence-corrected chi connectivity index (χ0v) is 17.1. The molecule has 0 amide bonds. The van der Waals surface area contributed by atoms with Gasteiger partial charge in [-0.3, -0.25) is 4.90 Å². The summed E-state index contributed by atoms with van der Waals surface area (Å²) in [6.45, 7) is 2.68. The van der Waals surface area contributed by atoms with Gasteiger partial charge < -0.3 is 9.84 Å². The first-order valence-corrected chi connectivity index (χ1v) is 11.2. The molecular weight excluding hydrogens is 400 g/mol. The molecule has 0 aromatic heterocycles. The van der Waals surface area contributed by atoms with E-state index >= 15 is 0 Å². The van der Waals surface area contributed by atoms with Crippen molar-refractivity contribution in [2.75, 3.05) is 26.3 Å². The summed E-state index contributed by atoms with van der Waals surface area (Å²) in [7, 11) is -3.53. The molecule has 0 spiro atoms. The second-order valence-corrected chi connectivity index (χ2v) is 9.00. The molecule has 0 radical (unpaired) electrons. The lowest BCUT2D eigenvalue weighted by Crippen LogP contribution is -2.44. The second-order valence-electron chi connectivity index (χ2n) is 6.85. The monoisotopic (exact) mass is 424 g/mol. The van der Waals surface area contributed by atoms with Gasteiger partial charge in [-0.25, -0.2) is 13.1 Å². The van der Waals surface area contributed by atoms with E-state index in [1.54, 1.807) is 12.1 Å². The third kappa shape index (κ3) is 5.93. The number of nitrogens with one attached hydrogen (secondary N) is 1. The van der Waals surface area contributed by atoms with E-state index in [0.717, 1.165) is 43.8 Å². The van der Waals surface area contributed by atoms with Crippen molar-refractivity contribution in [1.82, 2.24) is 9.62 Å². The van der Waals surface area contributed by atoms with Crippen LogP contribution in [0.4, 0.5) is 0 Å². The molecule has 2 N–H and O–H groups in total. The van der Waals surface area contributed by atoms with E-state index in [9.17, 15) is 8.42 Å². The number of nitrogens with zero attached hydrogens (tertiary/aromatic N) is 1. The van der Waals surface area contributed by atoms with Crippen LogP contribution in [0.25, 0.3) is 0 Å². The van der Waals surface area contributed by atoms with Crippen LogP contribution in [0.3, 0.4) is 0 Å². The average Bonchev–Trinajstić information content (AvgIpc) is 2.68. The lowest BCUT2D eigenvalue weighted by Gasteiger charge is -2.32. The molecule has 0 bridgehead atoms. The van der Waals surface area contributed by atoms with E-state index in [-0.39, 0.29) is 24.2 Å². The van der Waals surface area contributed by atoms with Crippen LogP contribution in [0, 0.1) is 0 Å². The van der Waals surface area contributed by atoms with E-state index in [1.807, 2.05) is 24.3 Å². The summed E-state index contributed by atoms with van der Waals surface area (Å²) in [5.74, 6) is 0.747. The molecule has 1 aliphatic rings. The summed E-state index contributed by atoms with van der Waals surface area (Å²) >= 11 is 5.83. The summed E-state index contributed by atoms with van der Waals surface area (Å²) in [5.41, 5.74) is 1.13. The van der Waals surface area contributed by atoms with Gasteiger partial charge in [-0.05, 0) is 54.8 Å². The van der Waals surface area contributed by atoms with Crippen LogP contribution in [0.5, 0.6) is 5.75 Å². The standard InChI is InChI=1S/C20H25ClN2O4S/c21-17-4-6-20(7-5-17)28(25,26)22-18-8-10-23(11-9-18)15-16-2-1-3-19(14-16)27-13-12-24/h1-7,14,18,22,24H,8-13,15H2. The number of hydrogen-bond acceptors (Lipinski definition) is 5. The normalized spacial score (nSPS) is 16.2. The number of aliphatic hydroxyl groups is 1. The van der Waals surface area contributed by atoms with Gasteiger partial charge >= 0.3 is 0 Å². The van der Waals surface area contributed by atoms with Crippen molar-refractivity contribution < 1.29 is 18.3 Å². The van der Waals surface area contributed by atoms with Gasteiger partial charge in [0.05, 0.1) is 11.5 Å². The molecule has 3 rings (SSSR count). The molecule has 6 nitrogen and oxygen atoms in total. The third-order valence-corrected chi connectivity index (χ3v) is 6.49. The molecule has 0 aliphatic carbocycles. The Morgan fingerprint density at radius 3 is 2.54 bits per heavy atom. The van der Waals surface area contributed by atoms with Gasteiger partial charge in [-0.1, -0.05) is 23.7 Å². The van der Waals surface area contributed by atoms with E-state index < -0.39 is 10.0 Å². The number of piperidine rings is 1. The molecule has 0 saturated carbocycles. The van der Waals surface area contributed by atoms with Crippen LogP contribution >= 0.6 is 11.6 Å².